The van der Waals surface area contributed by atoms with E-state index in [4.69, 9.17) is 0 Å². The summed E-state index contributed by atoms with van der Waals surface area (Å²) in [6.45, 7) is 3.26. The van der Waals surface area contributed by atoms with Gasteiger partial charge in [0.25, 0.3) is 0 Å². The second kappa shape index (κ2) is 6.75. The van der Waals surface area contributed by atoms with E-state index in [-0.39, 0.29) is 0 Å². The van der Waals surface area contributed by atoms with Gasteiger partial charge in [-0.15, -0.1) is 0 Å². The molecule has 0 amide bonds. The van der Waals surface area contributed by atoms with Gasteiger partial charge >= 0.3 is 0 Å². The molecule has 1 atom stereocenters. The van der Waals surface area contributed by atoms with Gasteiger partial charge in [0.1, 0.15) is 0 Å². The van der Waals surface area contributed by atoms with Crippen molar-refractivity contribution >= 4 is 0 Å². The van der Waals surface area contributed by atoms with Crippen molar-refractivity contribution in [3.8, 4) is 0 Å². The van der Waals surface area contributed by atoms with Crippen LogP contribution in [0.5, 0.6) is 0 Å². The summed E-state index contributed by atoms with van der Waals surface area (Å²) < 4.78 is 0. The Labute approximate surface area is 105 Å². The lowest BCUT2D eigenvalue weighted by atomic mass is 9.83. The first-order valence-electron chi connectivity index (χ1n) is 7.02. The van der Waals surface area contributed by atoms with Crippen molar-refractivity contribution in [2.24, 2.45) is 5.92 Å². The maximum absolute atomic E-state index is 4.16. The summed E-state index contributed by atoms with van der Waals surface area (Å²) >= 11 is 0. The number of hydrogen-bond donors (Lipinski definition) is 1. The molecule has 2 rings (SSSR count). The van der Waals surface area contributed by atoms with Crippen LogP contribution in [0.25, 0.3) is 0 Å². The second-order valence-corrected chi connectivity index (χ2v) is 5.16. The lowest BCUT2D eigenvalue weighted by Gasteiger charge is -2.30. The van der Waals surface area contributed by atoms with E-state index in [1.54, 1.807) is 0 Å². The number of aromatic nitrogens is 1. The molecule has 2 heteroatoms. The topological polar surface area (TPSA) is 24.9 Å². The average molecular weight is 232 g/mol. The minimum absolute atomic E-state index is 0.690. The second-order valence-electron chi connectivity index (χ2n) is 5.16. The minimum atomic E-state index is 0.690. The highest BCUT2D eigenvalue weighted by Crippen LogP contribution is 2.27. The lowest BCUT2D eigenvalue weighted by Crippen LogP contribution is -2.36. The normalized spacial score (nSPS) is 19.1. The van der Waals surface area contributed by atoms with E-state index >= 15 is 0 Å². The fourth-order valence-corrected chi connectivity index (χ4v) is 2.93. The number of nitrogens with zero attached hydrogens (tertiary/aromatic N) is 1. The maximum atomic E-state index is 4.16. The SMILES string of the molecule is CCC(NCc1cccnc1)C1CCCCC1. The number of nitrogens with one attached hydrogen (secondary N) is 1. The first kappa shape index (κ1) is 12.6. The van der Waals surface area contributed by atoms with E-state index in [1.807, 2.05) is 18.5 Å². The van der Waals surface area contributed by atoms with Gasteiger partial charge in [0.15, 0.2) is 0 Å². The molecule has 94 valence electrons. The predicted molar refractivity (Wildman–Crippen MR) is 71.7 cm³/mol. The summed E-state index contributed by atoms with van der Waals surface area (Å²) in [4.78, 5) is 4.16. The lowest BCUT2D eigenvalue weighted by molar-refractivity contribution is 0.261. The molecule has 1 aliphatic carbocycles. The molecular formula is C15H24N2. The minimum Gasteiger partial charge on any atom is -0.310 e. The van der Waals surface area contributed by atoms with Crippen molar-refractivity contribution in [1.82, 2.24) is 10.3 Å². The molecule has 0 aliphatic heterocycles. The number of hydrogen-bond acceptors (Lipinski definition) is 2. The zero-order valence-electron chi connectivity index (χ0n) is 10.9. The van der Waals surface area contributed by atoms with Gasteiger partial charge < -0.3 is 5.32 Å². The van der Waals surface area contributed by atoms with Gasteiger partial charge in [0.05, 0.1) is 0 Å². The molecule has 0 spiro atoms. The van der Waals surface area contributed by atoms with Crippen molar-refractivity contribution in [3.63, 3.8) is 0 Å². The van der Waals surface area contributed by atoms with Gasteiger partial charge in [-0.2, -0.15) is 0 Å². The van der Waals surface area contributed by atoms with Crippen LogP contribution in [-0.2, 0) is 6.54 Å². The summed E-state index contributed by atoms with van der Waals surface area (Å²) in [5.74, 6) is 0.894. The van der Waals surface area contributed by atoms with E-state index in [2.05, 4.69) is 23.3 Å². The summed E-state index contributed by atoms with van der Waals surface area (Å²) in [5.41, 5.74) is 1.29. The largest absolute Gasteiger partial charge is 0.310 e. The Kier molecular flexibility index (Phi) is 4.99. The molecule has 0 aromatic carbocycles. The first-order valence-corrected chi connectivity index (χ1v) is 7.02. The van der Waals surface area contributed by atoms with Crippen LogP contribution in [0.4, 0.5) is 0 Å². The fourth-order valence-electron chi connectivity index (χ4n) is 2.93. The van der Waals surface area contributed by atoms with Gasteiger partial charge in [-0.1, -0.05) is 32.3 Å². The van der Waals surface area contributed by atoms with Crippen LogP contribution in [0.2, 0.25) is 0 Å². The van der Waals surface area contributed by atoms with Gasteiger partial charge in [0, 0.05) is 25.0 Å². The molecule has 1 heterocycles. The molecule has 0 saturated heterocycles. The summed E-state index contributed by atoms with van der Waals surface area (Å²) in [7, 11) is 0. The molecule has 0 radical (unpaired) electrons. The molecule has 1 aromatic rings. The Morgan fingerprint density at radius 3 is 2.82 bits per heavy atom. The summed E-state index contributed by atoms with van der Waals surface area (Å²) in [5, 5.41) is 3.72. The van der Waals surface area contributed by atoms with Crippen LogP contribution >= 0.6 is 0 Å². The standard InChI is InChI=1S/C15H24N2/c1-2-15(14-8-4-3-5-9-14)17-12-13-7-6-10-16-11-13/h6-7,10-11,14-15,17H,2-5,8-9,12H2,1H3. The first-order chi connectivity index (χ1) is 8.40. The Hall–Kier alpha value is -0.890. The smallest absolute Gasteiger partial charge is 0.0312 e. The molecule has 1 unspecified atom stereocenters. The van der Waals surface area contributed by atoms with Crippen LogP contribution in [0, 0.1) is 5.92 Å². The van der Waals surface area contributed by atoms with Gasteiger partial charge in [0.2, 0.25) is 0 Å². The zero-order chi connectivity index (χ0) is 11.9. The van der Waals surface area contributed by atoms with Crippen LogP contribution < -0.4 is 5.32 Å². The summed E-state index contributed by atoms with van der Waals surface area (Å²) in [6, 6.07) is 4.85. The van der Waals surface area contributed by atoms with Gasteiger partial charge in [-0.25, -0.2) is 0 Å². The predicted octanol–water partition coefficient (Wildman–Crippen LogP) is 3.53. The third kappa shape index (κ3) is 3.81. The van der Waals surface area contributed by atoms with E-state index in [1.165, 1.54) is 44.1 Å². The van der Waals surface area contributed by atoms with Crippen molar-refractivity contribution < 1.29 is 0 Å². The van der Waals surface area contributed by atoms with Crippen molar-refractivity contribution in [1.29, 1.82) is 0 Å². The molecule has 1 aromatic heterocycles. The van der Waals surface area contributed by atoms with E-state index in [0.717, 1.165) is 12.5 Å². The van der Waals surface area contributed by atoms with Crippen molar-refractivity contribution in [3.05, 3.63) is 30.1 Å². The highest BCUT2D eigenvalue weighted by Gasteiger charge is 2.21. The molecule has 2 nitrogen and oxygen atoms in total. The molecule has 1 aliphatic rings. The van der Waals surface area contributed by atoms with Crippen LogP contribution in [-0.4, -0.2) is 11.0 Å². The number of rotatable bonds is 5. The highest BCUT2D eigenvalue weighted by molar-refractivity contribution is 5.08. The maximum Gasteiger partial charge on any atom is 0.0312 e. The Balaban J connectivity index is 1.82. The van der Waals surface area contributed by atoms with E-state index < -0.39 is 0 Å². The molecule has 1 N–H and O–H groups in total. The third-order valence-electron chi connectivity index (χ3n) is 3.95. The van der Waals surface area contributed by atoms with Crippen molar-refractivity contribution in [2.45, 2.75) is 58.0 Å². The molecule has 1 fully saturated rings. The van der Waals surface area contributed by atoms with Crippen molar-refractivity contribution in [2.75, 3.05) is 0 Å². The Morgan fingerprint density at radius 1 is 1.35 bits per heavy atom. The molecule has 0 bridgehead atoms. The Morgan fingerprint density at radius 2 is 2.18 bits per heavy atom. The molecular weight excluding hydrogens is 208 g/mol. The highest BCUT2D eigenvalue weighted by atomic mass is 14.9. The van der Waals surface area contributed by atoms with Gasteiger partial charge in [-0.3, -0.25) is 4.98 Å². The number of pyridine rings is 1. The van der Waals surface area contributed by atoms with Crippen LogP contribution in [0.1, 0.15) is 51.0 Å². The van der Waals surface area contributed by atoms with Crippen LogP contribution in [0.15, 0.2) is 24.5 Å². The third-order valence-corrected chi connectivity index (χ3v) is 3.95. The quantitative estimate of drug-likeness (QED) is 0.840. The Bertz CT molecular complexity index is 304. The summed E-state index contributed by atoms with van der Waals surface area (Å²) in [6.07, 6.45) is 12.2. The van der Waals surface area contributed by atoms with Gasteiger partial charge in [-0.05, 0) is 36.8 Å². The van der Waals surface area contributed by atoms with E-state index in [0.29, 0.717) is 6.04 Å². The average Bonchev–Trinajstić information content (AvgIpc) is 2.42. The zero-order valence-corrected chi connectivity index (χ0v) is 10.9. The van der Waals surface area contributed by atoms with E-state index in [9.17, 15) is 0 Å². The monoisotopic (exact) mass is 232 g/mol. The molecule has 1 saturated carbocycles. The molecule has 17 heavy (non-hydrogen) atoms. The van der Waals surface area contributed by atoms with Crippen LogP contribution in [0.3, 0.4) is 0 Å². The fraction of sp³-hybridized carbons (Fsp3) is 0.667.